The van der Waals surface area contributed by atoms with Crippen molar-refractivity contribution in [2.24, 2.45) is 0 Å². The van der Waals surface area contributed by atoms with E-state index >= 15 is 0 Å². The average Bonchev–Trinajstić information content (AvgIpc) is 3.25. The highest BCUT2D eigenvalue weighted by Crippen LogP contribution is 2.27. The lowest BCUT2D eigenvalue weighted by molar-refractivity contribution is -0.115. The van der Waals surface area contributed by atoms with E-state index in [2.05, 4.69) is 15.5 Å². The van der Waals surface area contributed by atoms with Crippen LogP contribution in [-0.4, -0.2) is 25.9 Å². The number of nitrogens with one attached hydrogen (secondary N) is 1. The minimum absolute atomic E-state index is 0.193. The highest BCUT2D eigenvalue weighted by atomic mass is 32.2. The van der Waals surface area contributed by atoms with E-state index in [1.807, 2.05) is 17.6 Å². The summed E-state index contributed by atoms with van der Waals surface area (Å²) in [4.78, 5) is 12.3. The Balaban J connectivity index is 1.71. The van der Waals surface area contributed by atoms with Gasteiger partial charge in [-0.15, -0.1) is 10.2 Å². The van der Waals surface area contributed by atoms with Gasteiger partial charge in [-0.3, -0.25) is 9.36 Å². The lowest BCUT2D eigenvalue weighted by atomic mass is 10.3. The predicted molar refractivity (Wildman–Crippen MR) is 93.7 cm³/mol. The van der Waals surface area contributed by atoms with Gasteiger partial charge >= 0.3 is 0 Å². The van der Waals surface area contributed by atoms with Gasteiger partial charge in [0.2, 0.25) is 5.91 Å². The number of furan rings is 1. The lowest BCUT2D eigenvalue weighted by Crippen LogP contribution is -2.22. The first-order chi connectivity index (χ1) is 12.1. The van der Waals surface area contributed by atoms with Gasteiger partial charge < -0.3 is 9.73 Å². The second kappa shape index (κ2) is 7.52. The third-order valence-corrected chi connectivity index (χ3v) is 4.62. The van der Waals surface area contributed by atoms with Crippen molar-refractivity contribution in [1.29, 1.82) is 0 Å². The number of benzene rings is 1. The standard InChI is InChI=1S/C17H17FN4O2S/c1-3-22-15(14-5-4-10-24-14)20-21-17(22)25-11(2)16(23)19-13-8-6-12(18)7-9-13/h4-11H,3H2,1-2H3,(H,19,23). The molecule has 1 unspecified atom stereocenters. The van der Waals surface area contributed by atoms with Crippen molar-refractivity contribution >= 4 is 23.4 Å². The van der Waals surface area contributed by atoms with Crippen molar-refractivity contribution in [2.45, 2.75) is 30.8 Å². The van der Waals surface area contributed by atoms with Crippen molar-refractivity contribution < 1.29 is 13.6 Å². The third kappa shape index (κ3) is 3.90. The van der Waals surface area contributed by atoms with E-state index in [9.17, 15) is 9.18 Å². The molecule has 0 aliphatic rings. The van der Waals surface area contributed by atoms with Gasteiger partial charge in [-0.1, -0.05) is 11.8 Å². The van der Waals surface area contributed by atoms with E-state index in [0.717, 1.165) is 0 Å². The van der Waals surface area contributed by atoms with Gasteiger partial charge in [-0.05, 0) is 50.2 Å². The van der Waals surface area contributed by atoms with Crippen LogP contribution in [-0.2, 0) is 11.3 Å². The molecule has 0 bridgehead atoms. The fourth-order valence-electron chi connectivity index (χ4n) is 2.24. The van der Waals surface area contributed by atoms with Crippen LogP contribution in [0.25, 0.3) is 11.6 Å². The number of anilines is 1. The first kappa shape index (κ1) is 17.2. The summed E-state index contributed by atoms with van der Waals surface area (Å²) in [7, 11) is 0. The lowest BCUT2D eigenvalue weighted by Gasteiger charge is -2.12. The quantitative estimate of drug-likeness (QED) is 0.677. The molecule has 8 heteroatoms. The monoisotopic (exact) mass is 360 g/mol. The molecule has 3 rings (SSSR count). The number of amides is 1. The van der Waals surface area contributed by atoms with Gasteiger partial charge in [-0.25, -0.2) is 4.39 Å². The molecule has 6 nitrogen and oxygen atoms in total. The largest absolute Gasteiger partial charge is 0.461 e. The van der Waals surface area contributed by atoms with Gasteiger partial charge in [-0.2, -0.15) is 0 Å². The number of rotatable bonds is 6. The van der Waals surface area contributed by atoms with E-state index < -0.39 is 5.25 Å². The SMILES string of the molecule is CCn1c(SC(C)C(=O)Nc2ccc(F)cc2)nnc1-c1ccco1. The molecule has 1 atom stereocenters. The number of hydrogen-bond donors (Lipinski definition) is 1. The molecule has 0 saturated carbocycles. The maximum absolute atomic E-state index is 12.9. The molecule has 130 valence electrons. The van der Waals surface area contributed by atoms with E-state index in [4.69, 9.17) is 4.42 Å². The fourth-order valence-corrected chi connectivity index (χ4v) is 3.15. The zero-order chi connectivity index (χ0) is 17.8. The third-order valence-electron chi connectivity index (χ3n) is 3.54. The van der Waals surface area contributed by atoms with Gasteiger partial charge in [0.05, 0.1) is 11.5 Å². The van der Waals surface area contributed by atoms with E-state index in [1.54, 1.807) is 19.3 Å². The van der Waals surface area contributed by atoms with E-state index in [1.165, 1.54) is 36.0 Å². The molecule has 0 aliphatic heterocycles. The van der Waals surface area contributed by atoms with Crippen molar-refractivity contribution in [1.82, 2.24) is 14.8 Å². The van der Waals surface area contributed by atoms with Crippen LogP contribution in [0.3, 0.4) is 0 Å². The van der Waals surface area contributed by atoms with Crippen LogP contribution in [0.1, 0.15) is 13.8 Å². The molecule has 0 fully saturated rings. The molecule has 0 radical (unpaired) electrons. The van der Waals surface area contributed by atoms with Crippen LogP contribution < -0.4 is 5.32 Å². The summed E-state index contributed by atoms with van der Waals surface area (Å²) in [5.74, 6) is 0.717. The number of thioether (sulfide) groups is 1. The first-order valence-corrected chi connectivity index (χ1v) is 8.66. The zero-order valence-corrected chi connectivity index (χ0v) is 14.6. The number of nitrogens with zero attached hydrogens (tertiary/aromatic N) is 3. The molecular formula is C17H17FN4O2S. The molecule has 1 amide bonds. The van der Waals surface area contributed by atoms with Crippen molar-refractivity contribution in [3.05, 3.63) is 48.5 Å². The summed E-state index contributed by atoms with van der Waals surface area (Å²) in [5, 5.41) is 11.3. The molecule has 2 heterocycles. The summed E-state index contributed by atoms with van der Waals surface area (Å²) in [6.45, 7) is 4.41. The summed E-state index contributed by atoms with van der Waals surface area (Å²) >= 11 is 1.30. The average molecular weight is 360 g/mol. The normalized spacial score (nSPS) is 12.1. The fraction of sp³-hybridized carbons (Fsp3) is 0.235. The Morgan fingerprint density at radius 1 is 1.32 bits per heavy atom. The van der Waals surface area contributed by atoms with Crippen LogP contribution in [0, 0.1) is 5.82 Å². The van der Waals surface area contributed by atoms with Gasteiger partial charge in [0.15, 0.2) is 16.7 Å². The molecule has 0 saturated heterocycles. The molecule has 0 aliphatic carbocycles. The minimum atomic E-state index is -0.399. The van der Waals surface area contributed by atoms with Crippen molar-refractivity contribution in [3.8, 4) is 11.6 Å². The smallest absolute Gasteiger partial charge is 0.237 e. The molecule has 1 aromatic carbocycles. The Morgan fingerprint density at radius 3 is 2.72 bits per heavy atom. The Bertz CT molecular complexity index is 846. The van der Waals surface area contributed by atoms with Crippen LogP contribution in [0.5, 0.6) is 0 Å². The topological polar surface area (TPSA) is 73.0 Å². The van der Waals surface area contributed by atoms with Crippen molar-refractivity contribution in [2.75, 3.05) is 5.32 Å². The second-order valence-corrected chi connectivity index (χ2v) is 6.59. The molecule has 3 aromatic rings. The highest BCUT2D eigenvalue weighted by Gasteiger charge is 2.21. The van der Waals surface area contributed by atoms with Crippen molar-refractivity contribution in [3.63, 3.8) is 0 Å². The maximum Gasteiger partial charge on any atom is 0.237 e. The minimum Gasteiger partial charge on any atom is -0.461 e. The Kier molecular flexibility index (Phi) is 5.18. The summed E-state index contributed by atoms with van der Waals surface area (Å²) < 4.78 is 20.2. The predicted octanol–water partition coefficient (Wildman–Crippen LogP) is 3.82. The molecule has 2 aromatic heterocycles. The summed E-state index contributed by atoms with van der Waals surface area (Å²) in [5.41, 5.74) is 0.548. The van der Waals surface area contributed by atoms with Crippen LogP contribution in [0.2, 0.25) is 0 Å². The molecule has 0 spiro atoms. The van der Waals surface area contributed by atoms with Crippen LogP contribution in [0.15, 0.2) is 52.2 Å². The van der Waals surface area contributed by atoms with Crippen LogP contribution >= 0.6 is 11.8 Å². The zero-order valence-electron chi connectivity index (χ0n) is 13.8. The van der Waals surface area contributed by atoms with E-state index in [0.29, 0.717) is 29.0 Å². The van der Waals surface area contributed by atoms with E-state index in [-0.39, 0.29) is 11.7 Å². The second-order valence-electron chi connectivity index (χ2n) is 5.28. The number of carbonyl (C=O) groups is 1. The number of halogens is 1. The molecular weight excluding hydrogens is 343 g/mol. The Labute approximate surface area is 148 Å². The number of carbonyl (C=O) groups excluding carboxylic acids is 1. The number of hydrogen-bond acceptors (Lipinski definition) is 5. The molecule has 1 N–H and O–H groups in total. The van der Waals surface area contributed by atoms with Gasteiger partial charge in [0.25, 0.3) is 0 Å². The number of aromatic nitrogens is 3. The highest BCUT2D eigenvalue weighted by molar-refractivity contribution is 8.00. The van der Waals surface area contributed by atoms with Gasteiger partial charge in [0, 0.05) is 12.2 Å². The first-order valence-electron chi connectivity index (χ1n) is 7.78. The maximum atomic E-state index is 12.9. The molecule has 25 heavy (non-hydrogen) atoms. The Hall–Kier alpha value is -2.61. The summed E-state index contributed by atoms with van der Waals surface area (Å²) in [6, 6.07) is 9.25. The Morgan fingerprint density at radius 2 is 2.08 bits per heavy atom. The summed E-state index contributed by atoms with van der Waals surface area (Å²) in [6.07, 6.45) is 1.58. The van der Waals surface area contributed by atoms with Crippen LogP contribution in [0.4, 0.5) is 10.1 Å². The van der Waals surface area contributed by atoms with Gasteiger partial charge in [0.1, 0.15) is 5.82 Å².